The second-order valence-electron chi connectivity index (χ2n) is 9.52. The molecule has 0 radical (unpaired) electrons. The molecule has 32 heavy (non-hydrogen) atoms. The van der Waals surface area contributed by atoms with Crippen LogP contribution in [0.25, 0.3) is 10.9 Å². The van der Waals surface area contributed by atoms with Crippen molar-refractivity contribution in [3.05, 3.63) is 70.5 Å². The number of aryl methyl sites for hydroxylation is 1. The number of hydrogen-bond acceptors (Lipinski definition) is 4. The van der Waals surface area contributed by atoms with Crippen molar-refractivity contribution in [3.8, 4) is 0 Å². The number of nitrogens with zero attached hydrogens (tertiary/aromatic N) is 1. The zero-order valence-electron chi connectivity index (χ0n) is 19.8. The topological polar surface area (TPSA) is 72.4 Å². The molecule has 0 aliphatic carbocycles. The SMILES string of the molecule is Cn1c(=O)c(C(=O)Nc2ccccc2)cc2c(NCCO[Si](C)(C)C(C)(C)C)cccc21. The highest BCUT2D eigenvalue weighted by atomic mass is 28.4. The Kier molecular flexibility index (Phi) is 6.90. The van der Waals surface area contributed by atoms with Crippen molar-refractivity contribution >= 4 is 36.5 Å². The van der Waals surface area contributed by atoms with E-state index >= 15 is 0 Å². The van der Waals surface area contributed by atoms with Crippen molar-refractivity contribution < 1.29 is 9.22 Å². The maximum Gasteiger partial charge on any atom is 0.263 e. The summed E-state index contributed by atoms with van der Waals surface area (Å²) in [6.07, 6.45) is 0. The van der Waals surface area contributed by atoms with Gasteiger partial charge in [-0.3, -0.25) is 9.59 Å². The highest BCUT2D eigenvalue weighted by molar-refractivity contribution is 6.74. The number of carbonyl (C=O) groups excluding carboxylic acids is 1. The van der Waals surface area contributed by atoms with Gasteiger partial charge in [-0.25, -0.2) is 0 Å². The van der Waals surface area contributed by atoms with Crippen LogP contribution in [0.3, 0.4) is 0 Å². The predicted molar refractivity (Wildman–Crippen MR) is 135 cm³/mol. The molecule has 0 bridgehead atoms. The molecular formula is C25H33N3O3Si. The Morgan fingerprint density at radius 2 is 1.75 bits per heavy atom. The van der Waals surface area contributed by atoms with Crippen molar-refractivity contribution in [1.29, 1.82) is 0 Å². The van der Waals surface area contributed by atoms with Gasteiger partial charge < -0.3 is 19.6 Å². The molecule has 1 amide bonds. The zero-order valence-corrected chi connectivity index (χ0v) is 20.8. The average molecular weight is 452 g/mol. The highest BCUT2D eigenvalue weighted by Crippen LogP contribution is 2.36. The van der Waals surface area contributed by atoms with Crippen LogP contribution in [-0.4, -0.2) is 31.9 Å². The molecule has 6 nitrogen and oxygen atoms in total. The van der Waals surface area contributed by atoms with Crippen LogP contribution in [-0.2, 0) is 11.5 Å². The second kappa shape index (κ2) is 9.30. The molecule has 0 aliphatic rings. The number of amides is 1. The second-order valence-corrected chi connectivity index (χ2v) is 14.3. The normalized spacial score (nSPS) is 12.1. The predicted octanol–water partition coefficient (Wildman–Crippen LogP) is 5.22. The summed E-state index contributed by atoms with van der Waals surface area (Å²) in [6.45, 7) is 12.4. The third-order valence-electron chi connectivity index (χ3n) is 6.23. The Bertz CT molecular complexity index is 1160. The van der Waals surface area contributed by atoms with Gasteiger partial charge in [-0.1, -0.05) is 45.0 Å². The first kappa shape index (κ1) is 23.8. The van der Waals surface area contributed by atoms with E-state index in [4.69, 9.17) is 4.43 Å². The summed E-state index contributed by atoms with van der Waals surface area (Å²) in [5.74, 6) is -0.422. The molecule has 7 heteroatoms. The summed E-state index contributed by atoms with van der Waals surface area (Å²) in [4.78, 5) is 25.7. The van der Waals surface area contributed by atoms with Crippen molar-refractivity contribution in [2.75, 3.05) is 23.8 Å². The lowest BCUT2D eigenvalue weighted by Gasteiger charge is -2.36. The van der Waals surface area contributed by atoms with E-state index in [1.54, 1.807) is 25.2 Å². The van der Waals surface area contributed by atoms with Gasteiger partial charge in [0.15, 0.2) is 8.32 Å². The summed E-state index contributed by atoms with van der Waals surface area (Å²) in [5, 5.41) is 7.21. The van der Waals surface area contributed by atoms with Gasteiger partial charge in [0.1, 0.15) is 5.56 Å². The maximum absolute atomic E-state index is 12.9. The van der Waals surface area contributed by atoms with Crippen LogP contribution >= 0.6 is 0 Å². The number of aromatic nitrogens is 1. The van der Waals surface area contributed by atoms with Crippen LogP contribution in [0.5, 0.6) is 0 Å². The fourth-order valence-electron chi connectivity index (χ4n) is 3.24. The number of nitrogens with one attached hydrogen (secondary N) is 2. The molecule has 2 N–H and O–H groups in total. The summed E-state index contributed by atoms with van der Waals surface area (Å²) in [6, 6.07) is 16.5. The van der Waals surface area contributed by atoms with Gasteiger partial charge in [-0.15, -0.1) is 0 Å². The Morgan fingerprint density at radius 3 is 2.41 bits per heavy atom. The van der Waals surface area contributed by atoms with E-state index < -0.39 is 14.2 Å². The largest absolute Gasteiger partial charge is 0.415 e. The first-order valence-corrected chi connectivity index (χ1v) is 13.8. The van der Waals surface area contributed by atoms with Crippen molar-refractivity contribution in [3.63, 3.8) is 0 Å². The van der Waals surface area contributed by atoms with Gasteiger partial charge in [-0.05, 0) is 48.5 Å². The van der Waals surface area contributed by atoms with Gasteiger partial charge in [0.2, 0.25) is 0 Å². The summed E-state index contributed by atoms with van der Waals surface area (Å²) in [7, 11) is -0.124. The third-order valence-corrected chi connectivity index (χ3v) is 10.8. The number of anilines is 2. The summed E-state index contributed by atoms with van der Waals surface area (Å²) < 4.78 is 7.78. The molecule has 0 saturated carbocycles. The van der Waals surface area contributed by atoms with E-state index in [1.165, 1.54) is 4.57 Å². The lowest BCUT2D eigenvalue weighted by molar-refractivity contribution is 0.102. The van der Waals surface area contributed by atoms with Crippen molar-refractivity contribution in [2.24, 2.45) is 7.05 Å². The molecule has 3 aromatic rings. The van der Waals surface area contributed by atoms with Crippen LogP contribution in [0.4, 0.5) is 11.4 Å². The van der Waals surface area contributed by atoms with E-state index in [-0.39, 0.29) is 16.2 Å². The molecule has 0 fully saturated rings. The van der Waals surface area contributed by atoms with Crippen LogP contribution in [0, 0.1) is 0 Å². The first-order valence-electron chi connectivity index (χ1n) is 10.9. The average Bonchev–Trinajstić information content (AvgIpc) is 2.73. The Morgan fingerprint density at radius 1 is 1.06 bits per heavy atom. The number of benzene rings is 2. The molecule has 0 atom stereocenters. The molecule has 2 aromatic carbocycles. The Hall–Kier alpha value is -2.90. The lowest BCUT2D eigenvalue weighted by atomic mass is 10.1. The number of hydrogen-bond donors (Lipinski definition) is 2. The molecule has 0 saturated heterocycles. The minimum absolute atomic E-state index is 0.107. The molecule has 1 heterocycles. The number of para-hydroxylation sites is 1. The molecule has 3 rings (SSSR count). The zero-order chi connectivity index (χ0) is 23.5. The van der Waals surface area contributed by atoms with Gasteiger partial charge >= 0.3 is 0 Å². The fourth-order valence-corrected chi connectivity index (χ4v) is 4.28. The number of carbonyl (C=O) groups is 1. The van der Waals surface area contributed by atoms with E-state index in [1.807, 2.05) is 36.4 Å². The maximum atomic E-state index is 12.9. The van der Waals surface area contributed by atoms with E-state index in [9.17, 15) is 9.59 Å². The third kappa shape index (κ3) is 5.11. The monoisotopic (exact) mass is 451 g/mol. The van der Waals surface area contributed by atoms with E-state index in [2.05, 4.69) is 44.5 Å². The van der Waals surface area contributed by atoms with E-state index in [0.29, 0.717) is 18.8 Å². The molecular weight excluding hydrogens is 418 g/mol. The Labute approximate surface area is 190 Å². The van der Waals surface area contributed by atoms with Gasteiger partial charge in [0.05, 0.1) is 12.1 Å². The van der Waals surface area contributed by atoms with Crippen LogP contribution in [0.2, 0.25) is 18.1 Å². The smallest absolute Gasteiger partial charge is 0.263 e. The molecule has 170 valence electrons. The fraction of sp³-hybridized carbons (Fsp3) is 0.360. The molecule has 1 aromatic heterocycles. The number of fused-ring (bicyclic) bond motifs is 1. The van der Waals surface area contributed by atoms with Gasteiger partial charge in [0.25, 0.3) is 11.5 Å². The quantitative estimate of drug-likeness (QED) is 0.381. The van der Waals surface area contributed by atoms with Crippen molar-refractivity contribution in [1.82, 2.24) is 4.57 Å². The molecule has 0 unspecified atom stereocenters. The number of rotatable bonds is 7. The minimum atomic E-state index is -1.81. The highest BCUT2D eigenvalue weighted by Gasteiger charge is 2.36. The Balaban J connectivity index is 1.84. The van der Waals surface area contributed by atoms with Gasteiger partial charge in [-0.2, -0.15) is 0 Å². The molecule has 0 aliphatic heterocycles. The van der Waals surface area contributed by atoms with Crippen molar-refractivity contribution in [2.45, 2.75) is 38.9 Å². The standard InChI is InChI=1S/C25H33N3O3Si/c1-25(2,3)32(5,6)31-16-15-26-21-13-10-14-22-19(21)17-20(24(30)28(22)4)23(29)27-18-11-8-7-9-12-18/h7-14,17,26H,15-16H2,1-6H3,(H,27,29). The first-order chi connectivity index (χ1) is 15.0. The minimum Gasteiger partial charge on any atom is -0.415 e. The summed E-state index contributed by atoms with van der Waals surface area (Å²) >= 11 is 0. The lowest BCUT2D eigenvalue weighted by Crippen LogP contribution is -2.41. The van der Waals surface area contributed by atoms with Gasteiger partial charge in [0, 0.05) is 30.4 Å². The number of pyridine rings is 1. The van der Waals surface area contributed by atoms with Crippen LogP contribution in [0.15, 0.2) is 59.4 Å². The molecule has 0 spiro atoms. The van der Waals surface area contributed by atoms with E-state index in [0.717, 1.165) is 16.6 Å². The van der Waals surface area contributed by atoms with Crippen LogP contribution in [0.1, 0.15) is 31.1 Å². The summed E-state index contributed by atoms with van der Waals surface area (Å²) in [5.41, 5.74) is 2.06. The van der Waals surface area contributed by atoms with Crippen LogP contribution < -0.4 is 16.2 Å².